The van der Waals surface area contributed by atoms with Gasteiger partial charge in [-0.25, -0.2) is 4.79 Å². The second-order valence-electron chi connectivity index (χ2n) is 5.20. The van der Waals surface area contributed by atoms with Gasteiger partial charge in [-0.1, -0.05) is 6.92 Å². The second-order valence-corrected chi connectivity index (χ2v) is 5.20. The molecule has 1 fully saturated rings. The third-order valence-corrected chi connectivity index (χ3v) is 3.18. The normalized spacial score (nSPS) is 25.1. The van der Waals surface area contributed by atoms with E-state index in [0.717, 1.165) is 4.90 Å². The number of hydrogen-bond acceptors (Lipinski definition) is 3. The van der Waals surface area contributed by atoms with E-state index in [1.165, 1.54) is 13.8 Å². The molecule has 0 aliphatic carbocycles. The molecule has 1 aliphatic rings. The second kappa shape index (κ2) is 4.01. The fourth-order valence-corrected chi connectivity index (χ4v) is 1.59. The molecule has 0 aromatic heterocycles. The van der Waals surface area contributed by atoms with Crippen LogP contribution in [0.4, 0.5) is 4.79 Å². The number of rotatable bonds is 4. The molecule has 1 unspecified atom stereocenters. The summed E-state index contributed by atoms with van der Waals surface area (Å²) in [4.78, 5) is 35.6. The number of carbonyl (C=O) groups excluding carboxylic acids is 2. The molecule has 1 saturated heterocycles. The van der Waals surface area contributed by atoms with E-state index in [-0.39, 0.29) is 12.5 Å². The standard InChI is InChI=1S/C11H18N2O4/c1-5-11(4)7(14)13(9(17)12-11)6-10(2,3)8(15)16/h5-6H2,1-4H3,(H,12,17)(H,15,16). The van der Waals surface area contributed by atoms with Crippen molar-refractivity contribution in [2.24, 2.45) is 5.41 Å². The van der Waals surface area contributed by atoms with E-state index < -0.39 is 23.0 Å². The Kier molecular flexibility index (Phi) is 3.18. The number of nitrogens with one attached hydrogen (secondary N) is 1. The van der Waals surface area contributed by atoms with Gasteiger partial charge in [0, 0.05) is 6.54 Å². The van der Waals surface area contributed by atoms with Crippen LogP contribution in [-0.4, -0.2) is 40.0 Å². The highest BCUT2D eigenvalue weighted by Gasteiger charge is 2.48. The van der Waals surface area contributed by atoms with Crippen LogP contribution in [0.1, 0.15) is 34.1 Å². The summed E-state index contributed by atoms with van der Waals surface area (Å²) in [6.45, 7) is 6.28. The zero-order valence-electron chi connectivity index (χ0n) is 10.5. The Morgan fingerprint density at radius 2 is 2.00 bits per heavy atom. The Morgan fingerprint density at radius 3 is 2.35 bits per heavy atom. The average Bonchev–Trinajstić information content (AvgIpc) is 2.42. The van der Waals surface area contributed by atoms with Crippen molar-refractivity contribution in [2.75, 3.05) is 6.54 Å². The molecule has 0 saturated carbocycles. The number of hydrogen-bond donors (Lipinski definition) is 2. The Hall–Kier alpha value is -1.59. The molecule has 96 valence electrons. The number of aliphatic carboxylic acids is 1. The summed E-state index contributed by atoms with van der Waals surface area (Å²) < 4.78 is 0. The summed E-state index contributed by atoms with van der Waals surface area (Å²) in [5, 5.41) is 11.6. The van der Waals surface area contributed by atoms with E-state index in [4.69, 9.17) is 5.11 Å². The lowest BCUT2D eigenvalue weighted by molar-refractivity contribution is -0.148. The number of carbonyl (C=O) groups is 3. The molecule has 3 amide bonds. The van der Waals surface area contributed by atoms with Gasteiger partial charge in [0.25, 0.3) is 5.91 Å². The maximum Gasteiger partial charge on any atom is 0.325 e. The smallest absolute Gasteiger partial charge is 0.325 e. The Morgan fingerprint density at radius 1 is 1.47 bits per heavy atom. The first-order valence-corrected chi connectivity index (χ1v) is 5.51. The van der Waals surface area contributed by atoms with Gasteiger partial charge in [-0.15, -0.1) is 0 Å². The maximum absolute atomic E-state index is 12.0. The minimum absolute atomic E-state index is 0.122. The fourth-order valence-electron chi connectivity index (χ4n) is 1.59. The van der Waals surface area contributed by atoms with Gasteiger partial charge in [-0.05, 0) is 27.2 Å². The SMILES string of the molecule is CCC1(C)NC(=O)N(CC(C)(C)C(=O)O)C1=O. The fraction of sp³-hybridized carbons (Fsp3) is 0.727. The van der Waals surface area contributed by atoms with Crippen LogP contribution in [0.5, 0.6) is 0 Å². The van der Waals surface area contributed by atoms with Crippen molar-refractivity contribution < 1.29 is 19.5 Å². The molecule has 1 atom stereocenters. The van der Waals surface area contributed by atoms with Crippen LogP contribution in [-0.2, 0) is 9.59 Å². The maximum atomic E-state index is 12.0. The van der Waals surface area contributed by atoms with E-state index in [9.17, 15) is 14.4 Å². The first kappa shape index (κ1) is 13.5. The molecule has 1 rings (SSSR count). The Bertz CT molecular complexity index is 378. The van der Waals surface area contributed by atoms with Crippen molar-refractivity contribution >= 4 is 17.9 Å². The molecular weight excluding hydrogens is 224 g/mol. The molecule has 6 heteroatoms. The predicted octanol–water partition coefficient (Wildman–Crippen LogP) is 0.818. The van der Waals surface area contributed by atoms with Crippen molar-refractivity contribution in [1.82, 2.24) is 10.2 Å². The van der Waals surface area contributed by atoms with E-state index in [1.807, 2.05) is 0 Å². The van der Waals surface area contributed by atoms with Crippen LogP contribution < -0.4 is 5.32 Å². The molecule has 1 heterocycles. The molecule has 0 aromatic rings. The van der Waals surface area contributed by atoms with Crippen LogP contribution >= 0.6 is 0 Å². The highest BCUT2D eigenvalue weighted by Crippen LogP contribution is 2.25. The predicted molar refractivity (Wildman–Crippen MR) is 60.4 cm³/mol. The van der Waals surface area contributed by atoms with E-state index >= 15 is 0 Å². The van der Waals surface area contributed by atoms with Gasteiger partial charge in [0.15, 0.2) is 0 Å². The Labute approximate surface area is 100.0 Å². The van der Waals surface area contributed by atoms with Crippen LogP contribution in [0, 0.1) is 5.41 Å². The molecule has 0 bridgehead atoms. The average molecular weight is 242 g/mol. The van der Waals surface area contributed by atoms with Crippen molar-refractivity contribution in [1.29, 1.82) is 0 Å². The van der Waals surface area contributed by atoms with Crippen molar-refractivity contribution in [3.63, 3.8) is 0 Å². The lowest BCUT2D eigenvalue weighted by Crippen LogP contribution is -2.45. The highest BCUT2D eigenvalue weighted by atomic mass is 16.4. The van der Waals surface area contributed by atoms with Gasteiger partial charge in [-0.2, -0.15) is 0 Å². The number of imide groups is 1. The third kappa shape index (κ3) is 2.25. The molecule has 6 nitrogen and oxygen atoms in total. The summed E-state index contributed by atoms with van der Waals surface area (Å²) >= 11 is 0. The minimum Gasteiger partial charge on any atom is -0.481 e. The summed E-state index contributed by atoms with van der Waals surface area (Å²) in [5.74, 6) is -1.40. The van der Waals surface area contributed by atoms with Gasteiger partial charge in [0.2, 0.25) is 0 Å². The van der Waals surface area contributed by atoms with Crippen LogP contribution in [0.15, 0.2) is 0 Å². The molecule has 0 spiro atoms. The quantitative estimate of drug-likeness (QED) is 0.714. The number of nitrogens with zero attached hydrogens (tertiary/aromatic N) is 1. The Balaban J connectivity index is 2.91. The summed E-state index contributed by atoms with van der Waals surface area (Å²) in [6.07, 6.45) is 0.474. The zero-order valence-corrected chi connectivity index (χ0v) is 10.5. The summed E-state index contributed by atoms with van der Waals surface area (Å²) in [5.41, 5.74) is -2.06. The number of carboxylic acid groups (broad SMARTS) is 1. The van der Waals surface area contributed by atoms with Crippen LogP contribution in [0.2, 0.25) is 0 Å². The van der Waals surface area contributed by atoms with Gasteiger partial charge in [0.1, 0.15) is 5.54 Å². The third-order valence-electron chi connectivity index (χ3n) is 3.18. The van der Waals surface area contributed by atoms with Crippen molar-refractivity contribution in [3.05, 3.63) is 0 Å². The van der Waals surface area contributed by atoms with Gasteiger partial charge in [-0.3, -0.25) is 14.5 Å². The first-order chi connectivity index (χ1) is 7.64. The van der Waals surface area contributed by atoms with Gasteiger partial charge < -0.3 is 10.4 Å². The largest absolute Gasteiger partial charge is 0.481 e. The molecule has 0 aromatic carbocycles. The zero-order chi connectivity index (χ0) is 13.4. The topological polar surface area (TPSA) is 86.7 Å². The number of amides is 3. The van der Waals surface area contributed by atoms with Crippen molar-refractivity contribution in [3.8, 4) is 0 Å². The van der Waals surface area contributed by atoms with Crippen LogP contribution in [0.25, 0.3) is 0 Å². The highest BCUT2D eigenvalue weighted by molar-refractivity contribution is 6.07. The molecule has 1 aliphatic heterocycles. The van der Waals surface area contributed by atoms with Gasteiger partial charge in [0.05, 0.1) is 5.41 Å². The van der Waals surface area contributed by atoms with E-state index in [2.05, 4.69) is 5.32 Å². The minimum atomic E-state index is -1.15. The van der Waals surface area contributed by atoms with E-state index in [1.54, 1.807) is 13.8 Å². The summed E-state index contributed by atoms with van der Waals surface area (Å²) in [7, 11) is 0. The number of urea groups is 1. The van der Waals surface area contributed by atoms with Crippen LogP contribution in [0.3, 0.4) is 0 Å². The van der Waals surface area contributed by atoms with E-state index in [0.29, 0.717) is 6.42 Å². The lowest BCUT2D eigenvalue weighted by atomic mass is 9.92. The summed E-state index contributed by atoms with van der Waals surface area (Å²) in [6, 6.07) is -0.520. The van der Waals surface area contributed by atoms with Gasteiger partial charge >= 0.3 is 12.0 Å². The lowest BCUT2D eigenvalue weighted by Gasteiger charge is -2.25. The number of carboxylic acids is 1. The van der Waals surface area contributed by atoms with Crippen molar-refractivity contribution in [2.45, 2.75) is 39.7 Å². The molecule has 2 N–H and O–H groups in total. The molecule has 0 radical (unpaired) electrons. The molecule has 17 heavy (non-hydrogen) atoms. The first-order valence-electron chi connectivity index (χ1n) is 5.51. The monoisotopic (exact) mass is 242 g/mol. The molecular formula is C11H18N2O4.